The summed E-state index contributed by atoms with van der Waals surface area (Å²) in [6.45, 7) is 10.7. The lowest BCUT2D eigenvalue weighted by Gasteiger charge is -2.44. The highest BCUT2D eigenvalue weighted by atomic mass is 16.7. The number of fused-ring (bicyclic) bond motifs is 4. The lowest BCUT2D eigenvalue weighted by molar-refractivity contribution is -0.170. The van der Waals surface area contributed by atoms with Crippen LogP contribution in [0.3, 0.4) is 0 Å². The number of carbonyl (C=O) groups excluding carboxylic acids is 1. The van der Waals surface area contributed by atoms with Crippen LogP contribution in [-0.2, 0) is 20.7 Å². The van der Waals surface area contributed by atoms with Gasteiger partial charge in [-0.15, -0.1) is 0 Å². The van der Waals surface area contributed by atoms with Gasteiger partial charge in [0.05, 0.1) is 6.17 Å². The molecule has 4 N–H and O–H groups in total. The zero-order valence-electron chi connectivity index (χ0n) is 26.3. The molecule has 2 aromatic carbocycles. The molecule has 5 atom stereocenters. The molecule has 3 aromatic rings. The summed E-state index contributed by atoms with van der Waals surface area (Å²) in [4.78, 5) is 26.8. The van der Waals surface area contributed by atoms with E-state index < -0.39 is 23.3 Å². The lowest BCUT2D eigenvalue weighted by Crippen LogP contribution is -2.52. The third kappa shape index (κ3) is 5.61. The van der Waals surface area contributed by atoms with Crippen molar-refractivity contribution >= 4 is 16.9 Å². The minimum Gasteiger partial charge on any atom is -0.507 e. The topological polar surface area (TPSA) is 137 Å². The Morgan fingerprint density at radius 1 is 1.14 bits per heavy atom. The third-order valence-electron chi connectivity index (χ3n) is 9.44. The van der Waals surface area contributed by atoms with Gasteiger partial charge < -0.3 is 29.5 Å². The SMILES string of the molecule is Cc1cc(=O)c2c(O)c3c(cc2o1)OC(C)(C)[C@@H]1OC(=O)[C@@]2(CCCC[C@@H]31)O[C@@H]2Cc1cccc([C@@H](N)NCCC(C)C)c1. The Kier molecular flexibility index (Phi) is 8.01. The van der Waals surface area contributed by atoms with Crippen LogP contribution in [0.1, 0.15) is 94.3 Å². The minimum atomic E-state index is -1.02. The standard InChI is InChI=1S/C35H44N2O7/c1-19(2)12-14-37-32(36)22-10-8-9-21(16-22)17-27-35(44-27)13-7-6-11-23-28-26(43-34(4,5)31(23)42-33(35)40)18-25-29(30(28)39)24(38)15-20(3)41-25/h8-10,15-16,18-19,23,27,31-32,37,39H,6-7,11-14,17,36H2,1-5H3/t23-,27+,31+,32-,35-/m0/s1. The van der Waals surface area contributed by atoms with E-state index in [1.165, 1.54) is 6.07 Å². The number of aromatic hydroxyl groups is 1. The molecular formula is C35H44N2O7. The Balaban J connectivity index is 1.23. The summed E-state index contributed by atoms with van der Waals surface area (Å²) in [5, 5.41) is 14.9. The molecular weight excluding hydrogens is 560 g/mol. The average Bonchev–Trinajstić information content (AvgIpc) is 3.62. The second-order valence-electron chi connectivity index (χ2n) is 13.7. The third-order valence-corrected chi connectivity index (χ3v) is 9.44. The van der Waals surface area contributed by atoms with Gasteiger partial charge in [0.25, 0.3) is 0 Å². The van der Waals surface area contributed by atoms with Crippen LogP contribution in [0, 0.1) is 12.8 Å². The molecule has 0 saturated carbocycles. The minimum absolute atomic E-state index is 0.113. The summed E-state index contributed by atoms with van der Waals surface area (Å²) in [7, 11) is 0. The van der Waals surface area contributed by atoms with Crippen molar-refractivity contribution in [3.63, 3.8) is 0 Å². The number of phenolic OH excluding ortho intramolecular Hbond substituents is 1. The van der Waals surface area contributed by atoms with E-state index in [9.17, 15) is 14.7 Å². The molecule has 1 aromatic heterocycles. The molecule has 0 amide bonds. The summed E-state index contributed by atoms with van der Waals surface area (Å²) < 4.78 is 24.6. The maximum absolute atomic E-state index is 13.9. The van der Waals surface area contributed by atoms with Gasteiger partial charge in [-0.1, -0.05) is 44.5 Å². The largest absolute Gasteiger partial charge is 0.507 e. The quantitative estimate of drug-likeness (QED) is 0.181. The number of phenols is 1. The molecule has 0 aliphatic carbocycles. The van der Waals surface area contributed by atoms with E-state index in [2.05, 4.69) is 25.2 Å². The van der Waals surface area contributed by atoms with E-state index in [4.69, 9.17) is 24.4 Å². The molecule has 0 unspecified atom stereocenters. The van der Waals surface area contributed by atoms with Crippen molar-refractivity contribution < 1.29 is 28.5 Å². The number of aryl methyl sites for hydroxylation is 1. The van der Waals surface area contributed by atoms with Gasteiger partial charge in [0.1, 0.15) is 46.0 Å². The summed E-state index contributed by atoms with van der Waals surface area (Å²) in [6, 6.07) is 11.2. The summed E-state index contributed by atoms with van der Waals surface area (Å²) in [5.74, 6) is 0.554. The van der Waals surface area contributed by atoms with Crippen molar-refractivity contribution in [2.45, 2.75) is 109 Å². The number of carbonyl (C=O) groups is 1. The molecule has 3 aliphatic rings. The average molecular weight is 605 g/mol. The Labute approximate surface area is 258 Å². The monoisotopic (exact) mass is 604 g/mol. The van der Waals surface area contributed by atoms with Crippen LogP contribution in [-0.4, -0.2) is 41.0 Å². The molecule has 1 spiro atoms. The first-order valence-corrected chi connectivity index (χ1v) is 15.9. The Hall–Kier alpha value is -3.40. The fraction of sp³-hybridized carbons (Fsp3) is 0.543. The molecule has 6 rings (SSSR count). The van der Waals surface area contributed by atoms with Crippen molar-refractivity contribution in [2.75, 3.05) is 6.54 Å². The molecule has 9 heteroatoms. The highest BCUT2D eigenvalue weighted by Crippen LogP contribution is 2.53. The number of ether oxygens (including phenoxy) is 3. The number of rotatable bonds is 7. The van der Waals surface area contributed by atoms with E-state index in [0.29, 0.717) is 42.3 Å². The Bertz CT molecular complexity index is 1630. The smallest absolute Gasteiger partial charge is 0.341 e. The molecule has 0 radical (unpaired) electrons. The van der Waals surface area contributed by atoms with Crippen molar-refractivity contribution in [1.82, 2.24) is 5.32 Å². The first-order valence-electron chi connectivity index (χ1n) is 15.9. The predicted octanol–water partition coefficient (Wildman–Crippen LogP) is 5.52. The van der Waals surface area contributed by atoms with E-state index in [1.807, 2.05) is 32.0 Å². The number of nitrogens with two attached hydrogens (primary N) is 1. The number of hydrogen-bond acceptors (Lipinski definition) is 9. The zero-order chi connectivity index (χ0) is 31.4. The van der Waals surface area contributed by atoms with Gasteiger partial charge in [0.2, 0.25) is 0 Å². The number of hydrogen-bond donors (Lipinski definition) is 3. The summed E-state index contributed by atoms with van der Waals surface area (Å²) in [5.41, 5.74) is 6.98. The Morgan fingerprint density at radius 2 is 1.93 bits per heavy atom. The van der Waals surface area contributed by atoms with E-state index in [-0.39, 0.29) is 40.3 Å². The normalized spacial score (nSPS) is 26.6. The van der Waals surface area contributed by atoms with Crippen molar-refractivity contribution in [3.8, 4) is 11.5 Å². The molecule has 9 nitrogen and oxygen atoms in total. The summed E-state index contributed by atoms with van der Waals surface area (Å²) in [6.07, 6.45) is 3.09. The summed E-state index contributed by atoms with van der Waals surface area (Å²) >= 11 is 0. The molecule has 3 aliphatic heterocycles. The first-order chi connectivity index (χ1) is 20.9. The molecule has 236 valence electrons. The van der Waals surface area contributed by atoms with Crippen LogP contribution in [0.15, 0.2) is 45.6 Å². The van der Waals surface area contributed by atoms with Gasteiger partial charge in [0.15, 0.2) is 11.0 Å². The lowest BCUT2D eigenvalue weighted by atomic mass is 9.77. The van der Waals surface area contributed by atoms with E-state index >= 15 is 0 Å². The molecule has 4 heterocycles. The molecule has 0 bridgehead atoms. The van der Waals surface area contributed by atoms with Gasteiger partial charge >= 0.3 is 5.97 Å². The van der Waals surface area contributed by atoms with Crippen molar-refractivity contribution in [3.05, 3.63) is 69.1 Å². The Morgan fingerprint density at radius 3 is 2.70 bits per heavy atom. The molecule has 44 heavy (non-hydrogen) atoms. The van der Waals surface area contributed by atoms with Crippen LogP contribution in [0.5, 0.6) is 11.5 Å². The fourth-order valence-electron chi connectivity index (χ4n) is 7.02. The van der Waals surface area contributed by atoms with Crippen LogP contribution >= 0.6 is 0 Å². The van der Waals surface area contributed by atoms with Crippen molar-refractivity contribution in [1.29, 1.82) is 0 Å². The van der Waals surface area contributed by atoms with E-state index in [1.54, 1.807) is 13.0 Å². The van der Waals surface area contributed by atoms with E-state index in [0.717, 1.165) is 36.9 Å². The van der Waals surface area contributed by atoms with Crippen LogP contribution < -0.4 is 21.2 Å². The molecule has 2 fully saturated rings. The van der Waals surface area contributed by atoms with Gasteiger partial charge in [0, 0.05) is 30.0 Å². The van der Waals surface area contributed by atoms with Crippen LogP contribution in [0.25, 0.3) is 11.0 Å². The molecule has 2 saturated heterocycles. The second-order valence-corrected chi connectivity index (χ2v) is 13.7. The highest BCUT2D eigenvalue weighted by molar-refractivity contribution is 5.88. The second kappa shape index (κ2) is 11.5. The highest BCUT2D eigenvalue weighted by Gasteiger charge is 2.64. The fourth-order valence-corrected chi connectivity index (χ4v) is 7.02. The maximum atomic E-state index is 13.9. The predicted molar refractivity (Wildman–Crippen MR) is 167 cm³/mol. The number of nitrogens with one attached hydrogen (secondary N) is 1. The van der Waals surface area contributed by atoms with Gasteiger partial charge in [-0.2, -0.15) is 0 Å². The van der Waals surface area contributed by atoms with Crippen LogP contribution in [0.2, 0.25) is 0 Å². The number of benzene rings is 2. The maximum Gasteiger partial charge on any atom is 0.341 e. The van der Waals surface area contributed by atoms with Gasteiger partial charge in [-0.05, 0) is 70.0 Å². The van der Waals surface area contributed by atoms with Crippen LogP contribution in [0.4, 0.5) is 0 Å². The number of epoxide rings is 1. The van der Waals surface area contributed by atoms with Crippen molar-refractivity contribution in [2.24, 2.45) is 11.7 Å². The van der Waals surface area contributed by atoms with Gasteiger partial charge in [-0.3, -0.25) is 10.1 Å². The first kappa shape index (κ1) is 30.6. The van der Waals surface area contributed by atoms with Gasteiger partial charge in [-0.25, -0.2) is 4.79 Å². The zero-order valence-corrected chi connectivity index (χ0v) is 26.3. The number of esters is 1.